The van der Waals surface area contributed by atoms with E-state index >= 15 is 0 Å². The van der Waals surface area contributed by atoms with Crippen molar-refractivity contribution in [3.8, 4) is 11.5 Å². The molecule has 1 aliphatic carbocycles. The predicted molar refractivity (Wildman–Crippen MR) is 59.4 cm³/mol. The number of fused-ring (bicyclic) bond motifs is 1. The average molecular weight is 207 g/mol. The number of benzene rings is 1. The molecule has 0 spiro atoms. The van der Waals surface area contributed by atoms with Crippen LogP contribution in [-0.4, -0.2) is 14.2 Å². The molecule has 0 saturated heterocycles. The molecule has 0 aliphatic heterocycles. The maximum atomic E-state index is 6.07. The number of ether oxygens (including phenoxy) is 2. The van der Waals surface area contributed by atoms with Gasteiger partial charge in [-0.1, -0.05) is 0 Å². The van der Waals surface area contributed by atoms with Gasteiger partial charge < -0.3 is 15.2 Å². The van der Waals surface area contributed by atoms with Gasteiger partial charge in [-0.15, -0.1) is 0 Å². The maximum Gasteiger partial charge on any atom is 0.161 e. The number of nitrogens with two attached hydrogens (primary N) is 1. The highest BCUT2D eigenvalue weighted by molar-refractivity contribution is 5.49. The molecular weight excluding hydrogens is 190 g/mol. The Kier molecular flexibility index (Phi) is 2.82. The summed E-state index contributed by atoms with van der Waals surface area (Å²) in [6, 6.07) is 4.21. The fraction of sp³-hybridized carbons (Fsp3) is 0.500. The Balaban J connectivity index is 2.48. The van der Waals surface area contributed by atoms with Crippen LogP contribution in [0.25, 0.3) is 0 Å². The molecule has 0 amide bonds. The zero-order valence-corrected chi connectivity index (χ0v) is 9.25. The van der Waals surface area contributed by atoms with E-state index in [-0.39, 0.29) is 6.04 Å². The number of hydrogen-bond acceptors (Lipinski definition) is 3. The lowest BCUT2D eigenvalue weighted by Gasteiger charge is -2.23. The fourth-order valence-electron chi connectivity index (χ4n) is 2.17. The number of hydrogen-bond donors (Lipinski definition) is 1. The molecule has 0 heterocycles. The first-order valence-corrected chi connectivity index (χ1v) is 5.26. The van der Waals surface area contributed by atoms with E-state index < -0.39 is 0 Å². The van der Waals surface area contributed by atoms with Crippen molar-refractivity contribution in [1.29, 1.82) is 0 Å². The number of methoxy groups -OCH3 is 2. The molecule has 3 heteroatoms. The third kappa shape index (κ3) is 1.79. The summed E-state index contributed by atoms with van der Waals surface area (Å²) in [5.74, 6) is 1.57. The second kappa shape index (κ2) is 4.11. The van der Waals surface area contributed by atoms with Crippen LogP contribution >= 0.6 is 0 Å². The van der Waals surface area contributed by atoms with Crippen molar-refractivity contribution in [3.63, 3.8) is 0 Å². The monoisotopic (exact) mass is 207 g/mol. The van der Waals surface area contributed by atoms with Crippen molar-refractivity contribution >= 4 is 0 Å². The van der Waals surface area contributed by atoms with Crippen molar-refractivity contribution in [2.45, 2.75) is 25.3 Å². The van der Waals surface area contributed by atoms with Crippen molar-refractivity contribution in [2.24, 2.45) is 5.73 Å². The topological polar surface area (TPSA) is 44.5 Å². The van der Waals surface area contributed by atoms with E-state index in [0.29, 0.717) is 0 Å². The molecule has 3 nitrogen and oxygen atoms in total. The molecule has 0 aromatic heterocycles. The highest BCUT2D eigenvalue weighted by Gasteiger charge is 2.19. The predicted octanol–water partition coefficient (Wildman–Crippen LogP) is 2.04. The maximum absolute atomic E-state index is 6.07. The highest BCUT2D eigenvalue weighted by atomic mass is 16.5. The van der Waals surface area contributed by atoms with Gasteiger partial charge in [0.2, 0.25) is 0 Å². The van der Waals surface area contributed by atoms with Gasteiger partial charge in [0.1, 0.15) is 0 Å². The second-order valence-electron chi connectivity index (χ2n) is 3.90. The molecule has 1 atom stereocenters. The van der Waals surface area contributed by atoms with Gasteiger partial charge in [0, 0.05) is 6.04 Å². The summed E-state index contributed by atoms with van der Waals surface area (Å²) >= 11 is 0. The summed E-state index contributed by atoms with van der Waals surface area (Å²) in [4.78, 5) is 0. The van der Waals surface area contributed by atoms with Crippen LogP contribution in [0.1, 0.15) is 30.0 Å². The summed E-state index contributed by atoms with van der Waals surface area (Å²) in [6.07, 6.45) is 3.30. The van der Waals surface area contributed by atoms with Crippen LogP contribution in [0.4, 0.5) is 0 Å². The lowest BCUT2D eigenvalue weighted by Crippen LogP contribution is -2.17. The molecule has 2 N–H and O–H groups in total. The van der Waals surface area contributed by atoms with Crippen LogP contribution in [0.5, 0.6) is 11.5 Å². The average Bonchev–Trinajstić information content (AvgIpc) is 2.28. The quantitative estimate of drug-likeness (QED) is 0.807. The first-order chi connectivity index (χ1) is 7.26. The molecule has 0 saturated carbocycles. The summed E-state index contributed by atoms with van der Waals surface area (Å²) in [5, 5.41) is 0. The smallest absolute Gasteiger partial charge is 0.161 e. The molecule has 1 aromatic carbocycles. The van der Waals surface area contributed by atoms with Gasteiger partial charge in [-0.3, -0.25) is 0 Å². The zero-order valence-electron chi connectivity index (χ0n) is 9.25. The van der Waals surface area contributed by atoms with Crippen molar-refractivity contribution in [1.82, 2.24) is 0 Å². The minimum atomic E-state index is 0.147. The summed E-state index contributed by atoms with van der Waals surface area (Å²) in [5.41, 5.74) is 8.57. The van der Waals surface area contributed by atoms with Crippen LogP contribution < -0.4 is 15.2 Å². The van der Waals surface area contributed by atoms with Crippen molar-refractivity contribution < 1.29 is 9.47 Å². The van der Waals surface area contributed by atoms with Crippen LogP contribution in [0.2, 0.25) is 0 Å². The summed E-state index contributed by atoms with van der Waals surface area (Å²) in [6.45, 7) is 0. The van der Waals surface area contributed by atoms with Gasteiger partial charge in [0.15, 0.2) is 11.5 Å². The van der Waals surface area contributed by atoms with Gasteiger partial charge >= 0.3 is 0 Å². The van der Waals surface area contributed by atoms with E-state index in [9.17, 15) is 0 Å². The Labute approximate surface area is 90.2 Å². The minimum Gasteiger partial charge on any atom is -0.493 e. The Hall–Kier alpha value is -1.22. The van der Waals surface area contributed by atoms with Crippen molar-refractivity contribution in [3.05, 3.63) is 23.3 Å². The zero-order chi connectivity index (χ0) is 10.8. The van der Waals surface area contributed by atoms with E-state index in [2.05, 4.69) is 0 Å². The lowest BCUT2D eigenvalue weighted by atomic mass is 9.88. The van der Waals surface area contributed by atoms with Gasteiger partial charge in [-0.05, 0) is 42.5 Å². The van der Waals surface area contributed by atoms with E-state index in [1.807, 2.05) is 12.1 Å². The Morgan fingerprint density at radius 1 is 1.20 bits per heavy atom. The minimum absolute atomic E-state index is 0.147. The Morgan fingerprint density at radius 2 is 1.87 bits per heavy atom. The molecule has 0 unspecified atom stereocenters. The molecule has 1 aliphatic rings. The fourth-order valence-corrected chi connectivity index (χ4v) is 2.17. The first kappa shape index (κ1) is 10.3. The number of aryl methyl sites for hydroxylation is 1. The van der Waals surface area contributed by atoms with Gasteiger partial charge in [-0.25, -0.2) is 0 Å². The first-order valence-electron chi connectivity index (χ1n) is 5.26. The Bertz CT molecular complexity index is 363. The third-order valence-corrected chi connectivity index (χ3v) is 3.01. The van der Waals surface area contributed by atoms with Gasteiger partial charge in [0.05, 0.1) is 14.2 Å². The lowest BCUT2D eigenvalue weighted by molar-refractivity contribution is 0.352. The van der Waals surface area contributed by atoms with Crippen LogP contribution in [0, 0.1) is 0 Å². The molecule has 15 heavy (non-hydrogen) atoms. The highest BCUT2D eigenvalue weighted by Crippen LogP contribution is 2.36. The molecule has 1 aromatic rings. The van der Waals surface area contributed by atoms with Gasteiger partial charge in [-0.2, -0.15) is 0 Å². The van der Waals surface area contributed by atoms with Crippen LogP contribution in [0.15, 0.2) is 12.1 Å². The largest absolute Gasteiger partial charge is 0.493 e. The molecule has 0 radical (unpaired) electrons. The van der Waals surface area contributed by atoms with Crippen LogP contribution in [0.3, 0.4) is 0 Å². The van der Waals surface area contributed by atoms with Gasteiger partial charge in [0.25, 0.3) is 0 Å². The van der Waals surface area contributed by atoms with E-state index in [1.165, 1.54) is 11.1 Å². The Morgan fingerprint density at radius 3 is 2.53 bits per heavy atom. The standard InChI is InChI=1S/C12H17NO2/c1-14-11-6-8-4-3-5-10(13)9(8)7-12(11)15-2/h6-7,10H,3-5,13H2,1-2H3/t10-/m1/s1. The molecule has 2 rings (SSSR count). The number of rotatable bonds is 2. The summed E-state index contributed by atoms with van der Waals surface area (Å²) in [7, 11) is 3.31. The molecule has 82 valence electrons. The molecule has 0 fully saturated rings. The van der Waals surface area contributed by atoms with E-state index in [1.54, 1.807) is 14.2 Å². The SMILES string of the molecule is COc1cc2c(cc1OC)[C@H](N)CCC2. The van der Waals surface area contributed by atoms with E-state index in [0.717, 1.165) is 30.8 Å². The molecule has 0 bridgehead atoms. The van der Waals surface area contributed by atoms with Crippen LogP contribution in [-0.2, 0) is 6.42 Å². The molecular formula is C12H17NO2. The van der Waals surface area contributed by atoms with Crippen molar-refractivity contribution in [2.75, 3.05) is 14.2 Å². The normalized spacial score (nSPS) is 19.5. The third-order valence-electron chi connectivity index (χ3n) is 3.01. The van der Waals surface area contributed by atoms with E-state index in [4.69, 9.17) is 15.2 Å². The summed E-state index contributed by atoms with van der Waals surface area (Å²) < 4.78 is 10.5. The second-order valence-corrected chi connectivity index (χ2v) is 3.90.